The van der Waals surface area contributed by atoms with Gasteiger partial charge in [-0.2, -0.15) is 0 Å². The topological polar surface area (TPSA) is 40.2 Å². The van der Waals surface area contributed by atoms with Crippen LogP contribution in [0.15, 0.2) is 18.2 Å². The first kappa shape index (κ1) is 14.3. The first-order valence-corrected chi connectivity index (χ1v) is 8.22. The molecule has 0 bridgehead atoms. The molecule has 4 rings (SSSR count). The lowest BCUT2D eigenvalue weighted by Crippen LogP contribution is -2.54. The van der Waals surface area contributed by atoms with Crippen LogP contribution in [0.2, 0.25) is 0 Å². The van der Waals surface area contributed by atoms with E-state index in [-0.39, 0.29) is 5.79 Å². The van der Waals surface area contributed by atoms with Gasteiger partial charge in [0.25, 0.3) is 0 Å². The van der Waals surface area contributed by atoms with E-state index in [0.29, 0.717) is 13.2 Å². The third-order valence-corrected chi connectivity index (χ3v) is 4.57. The van der Waals surface area contributed by atoms with Crippen molar-refractivity contribution >= 4 is 0 Å². The summed E-state index contributed by atoms with van der Waals surface area (Å²) in [5.41, 5.74) is 1.25. The fraction of sp³-hybridized carbons (Fsp3) is 0.647. The molecule has 1 aromatic carbocycles. The molecule has 2 fully saturated rings. The van der Waals surface area contributed by atoms with Crippen LogP contribution in [0.1, 0.15) is 24.8 Å². The van der Waals surface area contributed by atoms with Crippen molar-refractivity contribution in [2.24, 2.45) is 0 Å². The Hall–Kier alpha value is -1.30. The van der Waals surface area contributed by atoms with Crippen LogP contribution in [0.4, 0.5) is 0 Å². The highest BCUT2D eigenvalue weighted by Gasteiger charge is 2.39. The summed E-state index contributed by atoms with van der Waals surface area (Å²) in [5, 5.41) is 0. The largest absolute Gasteiger partial charge is 0.486 e. The van der Waals surface area contributed by atoms with E-state index in [2.05, 4.69) is 17.0 Å². The standard InChI is InChI=1S/C17H23NO4/c1-2-7-21-17(5-1)13-18(6-8-22-17)12-14-3-4-15-16(11-14)20-10-9-19-15/h3-4,11H,1-2,5-10,12-13H2. The van der Waals surface area contributed by atoms with E-state index in [0.717, 1.165) is 57.2 Å². The van der Waals surface area contributed by atoms with Gasteiger partial charge in [-0.15, -0.1) is 0 Å². The minimum absolute atomic E-state index is 0.371. The summed E-state index contributed by atoms with van der Waals surface area (Å²) < 4.78 is 23.2. The van der Waals surface area contributed by atoms with E-state index in [9.17, 15) is 0 Å². The average Bonchev–Trinajstić information content (AvgIpc) is 2.56. The Kier molecular flexibility index (Phi) is 3.94. The van der Waals surface area contributed by atoms with Crippen molar-refractivity contribution < 1.29 is 18.9 Å². The van der Waals surface area contributed by atoms with Crippen LogP contribution in [0.25, 0.3) is 0 Å². The summed E-state index contributed by atoms with van der Waals surface area (Å²) in [6.45, 7) is 5.51. The van der Waals surface area contributed by atoms with Crippen LogP contribution >= 0.6 is 0 Å². The van der Waals surface area contributed by atoms with Gasteiger partial charge in [-0.25, -0.2) is 0 Å². The van der Waals surface area contributed by atoms with Crippen LogP contribution in [0, 0.1) is 0 Å². The second-order valence-electron chi connectivity index (χ2n) is 6.25. The van der Waals surface area contributed by atoms with E-state index in [1.165, 1.54) is 12.0 Å². The molecule has 1 aromatic rings. The maximum Gasteiger partial charge on any atom is 0.181 e. The van der Waals surface area contributed by atoms with Crippen molar-refractivity contribution in [3.63, 3.8) is 0 Å². The molecule has 3 heterocycles. The van der Waals surface area contributed by atoms with Gasteiger partial charge in [0.05, 0.1) is 19.8 Å². The van der Waals surface area contributed by atoms with Crippen molar-refractivity contribution in [3.05, 3.63) is 23.8 Å². The van der Waals surface area contributed by atoms with E-state index in [1.54, 1.807) is 0 Å². The molecular formula is C17H23NO4. The molecule has 0 aromatic heterocycles. The molecule has 0 N–H and O–H groups in total. The normalized spacial score (nSPS) is 28.7. The van der Waals surface area contributed by atoms with Crippen LogP contribution in [-0.2, 0) is 16.0 Å². The smallest absolute Gasteiger partial charge is 0.181 e. The van der Waals surface area contributed by atoms with E-state index in [4.69, 9.17) is 18.9 Å². The average molecular weight is 305 g/mol. The summed E-state index contributed by atoms with van der Waals surface area (Å²) in [6.07, 6.45) is 3.34. The molecule has 2 saturated heterocycles. The lowest BCUT2D eigenvalue weighted by atomic mass is 10.0. The molecule has 0 amide bonds. The Balaban J connectivity index is 1.44. The fourth-order valence-electron chi connectivity index (χ4n) is 3.47. The van der Waals surface area contributed by atoms with Crippen molar-refractivity contribution in [2.75, 3.05) is 39.5 Å². The Morgan fingerprint density at radius 3 is 2.68 bits per heavy atom. The third-order valence-electron chi connectivity index (χ3n) is 4.57. The van der Waals surface area contributed by atoms with Crippen LogP contribution in [0.3, 0.4) is 0 Å². The molecule has 0 radical (unpaired) electrons. The molecule has 5 heteroatoms. The first-order valence-electron chi connectivity index (χ1n) is 8.22. The monoisotopic (exact) mass is 305 g/mol. The van der Waals surface area contributed by atoms with E-state index in [1.807, 2.05) is 6.07 Å². The number of rotatable bonds is 2. The van der Waals surface area contributed by atoms with Crippen LogP contribution in [-0.4, -0.2) is 50.2 Å². The predicted octanol–water partition coefficient (Wildman–Crippen LogP) is 2.19. The number of benzene rings is 1. The van der Waals surface area contributed by atoms with Crippen LogP contribution in [0.5, 0.6) is 11.5 Å². The molecule has 22 heavy (non-hydrogen) atoms. The molecule has 120 valence electrons. The molecular weight excluding hydrogens is 282 g/mol. The predicted molar refractivity (Wildman–Crippen MR) is 81.2 cm³/mol. The highest BCUT2D eigenvalue weighted by atomic mass is 16.7. The summed E-state index contributed by atoms with van der Waals surface area (Å²) in [7, 11) is 0. The highest BCUT2D eigenvalue weighted by molar-refractivity contribution is 5.43. The molecule has 0 saturated carbocycles. The number of morpholine rings is 1. The van der Waals surface area contributed by atoms with E-state index >= 15 is 0 Å². The molecule has 0 aliphatic carbocycles. The summed E-state index contributed by atoms with van der Waals surface area (Å²) in [5.74, 6) is 1.34. The first-order chi connectivity index (χ1) is 10.8. The number of nitrogens with zero attached hydrogens (tertiary/aromatic N) is 1. The molecule has 1 unspecified atom stereocenters. The van der Waals surface area contributed by atoms with Gasteiger partial charge in [0.2, 0.25) is 0 Å². The third kappa shape index (κ3) is 2.93. The summed E-state index contributed by atoms with van der Waals surface area (Å²) in [4.78, 5) is 2.42. The van der Waals surface area contributed by atoms with Gasteiger partial charge in [0.1, 0.15) is 13.2 Å². The minimum Gasteiger partial charge on any atom is -0.486 e. The Bertz CT molecular complexity index is 522. The summed E-state index contributed by atoms with van der Waals surface area (Å²) >= 11 is 0. The lowest BCUT2D eigenvalue weighted by Gasteiger charge is -2.44. The number of hydrogen-bond donors (Lipinski definition) is 0. The van der Waals surface area contributed by atoms with E-state index < -0.39 is 0 Å². The number of hydrogen-bond acceptors (Lipinski definition) is 5. The second kappa shape index (κ2) is 6.07. The zero-order valence-corrected chi connectivity index (χ0v) is 12.9. The zero-order valence-electron chi connectivity index (χ0n) is 12.9. The van der Waals surface area contributed by atoms with Crippen molar-refractivity contribution in [2.45, 2.75) is 31.6 Å². The van der Waals surface area contributed by atoms with Gasteiger partial charge < -0.3 is 18.9 Å². The minimum atomic E-state index is -0.371. The number of ether oxygens (including phenoxy) is 4. The molecule has 5 nitrogen and oxygen atoms in total. The van der Waals surface area contributed by atoms with Crippen molar-refractivity contribution in [1.29, 1.82) is 0 Å². The molecule has 1 atom stereocenters. The van der Waals surface area contributed by atoms with Gasteiger partial charge >= 0.3 is 0 Å². The fourth-order valence-corrected chi connectivity index (χ4v) is 3.47. The second-order valence-corrected chi connectivity index (χ2v) is 6.25. The quantitative estimate of drug-likeness (QED) is 0.837. The van der Waals surface area contributed by atoms with Crippen LogP contribution < -0.4 is 9.47 Å². The number of fused-ring (bicyclic) bond motifs is 1. The maximum absolute atomic E-state index is 5.96. The Labute approximate surface area is 131 Å². The van der Waals surface area contributed by atoms with Gasteiger partial charge in [0.15, 0.2) is 17.3 Å². The SMILES string of the molecule is c1cc2c(cc1CN1CCOC3(CCCCO3)C1)OCCO2. The lowest BCUT2D eigenvalue weighted by molar-refractivity contribution is -0.283. The zero-order chi connectivity index (χ0) is 14.8. The van der Waals surface area contributed by atoms with Gasteiger partial charge in [-0.05, 0) is 30.5 Å². The van der Waals surface area contributed by atoms with Crippen molar-refractivity contribution in [1.82, 2.24) is 4.90 Å². The summed E-state index contributed by atoms with van der Waals surface area (Å²) in [6, 6.07) is 6.23. The molecule has 3 aliphatic heterocycles. The van der Waals surface area contributed by atoms with Gasteiger partial charge in [-0.1, -0.05) is 6.07 Å². The highest BCUT2D eigenvalue weighted by Crippen LogP contribution is 2.33. The van der Waals surface area contributed by atoms with Crippen molar-refractivity contribution in [3.8, 4) is 11.5 Å². The van der Waals surface area contributed by atoms with Gasteiger partial charge in [-0.3, -0.25) is 4.90 Å². The van der Waals surface area contributed by atoms with Gasteiger partial charge in [0, 0.05) is 19.5 Å². The maximum atomic E-state index is 5.96. The Morgan fingerprint density at radius 1 is 0.955 bits per heavy atom. The molecule has 1 spiro atoms. The molecule has 3 aliphatic rings. The Morgan fingerprint density at radius 2 is 1.82 bits per heavy atom.